The molecule has 0 bridgehead atoms. The third kappa shape index (κ3) is 5.69. The molecular formula is C20H22N2O2. The number of methoxy groups -OCH3 is 1. The van der Waals surface area contributed by atoms with Gasteiger partial charge in [-0.05, 0) is 37.1 Å². The summed E-state index contributed by atoms with van der Waals surface area (Å²) >= 11 is 0. The van der Waals surface area contributed by atoms with Gasteiger partial charge in [0.2, 0.25) is 0 Å². The number of hydrogen-bond donors (Lipinski definition) is 2. The smallest absolute Gasteiger partial charge is 0.315 e. The van der Waals surface area contributed by atoms with Crippen molar-refractivity contribution in [3.63, 3.8) is 0 Å². The molecule has 0 radical (unpaired) electrons. The van der Waals surface area contributed by atoms with Crippen molar-refractivity contribution in [3.8, 4) is 17.6 Å². The number of amides is 2. The Morgan fingerprint density at radius 3 is 2.67 bits per heavy atom. The van der Waals surface area contributed by atoms with Gasteiger partial charge in [-0.25, -0.2) is 4.79 Å². The summed E-state index contributed by atoms with van der Waals surface area (Å²) in [7, 11) is 1.65. The van der Waals surface area contributed by atoms with E-state index in [4.69, 9.17) is 4.74 Å². The van der Waals surface area contributed by atoms with Crippen LogP contribution in [0.2, 0.25) is 0 Å². The fraction of sp³-hybridized carbons (Fsp3) is 0.250. The van der Waals surface area contributed by atoms with Crippen molar-refractivity contribution in [3.05, 3.63) is 65.2 Å². The number of nitrogens with one attached hydrogen (secondary N) is 2. The second-order valence-corrected chi connectivity index (χ2v) is 5.34. The molecule has 2 N–H and O–H groups in total. The van der Waals surface area contributed by atoms with E-state index in [1.807, 2.05) is 49.4 Å². The van der Waals surface area contributed by atoms with Crippen molar-refractivity contribution in [1.29, 1.82) is 0 Å². The Balaban J connectivity index is 1.72. The molecule has 0 aliphatic heterocycles. The lowest BCUT2D eigenvalue weighted by atomic mass is 10.1. The first-order valence-corrected chi connectivity index (χ1v) is 7.88. The van der Waals surface area contributed by atoms with Crippen molar-refractivity contribution in [1.82, 2.24) is 10.6 Å². The molecule has 0 atom stereocenters. The Kier molecular flexibility index (Phi) is 6.73. The third-order valence-electron chi connectivity index (χ3n) is 3.46. The molecule has 4 heteroatoms. The van der Waals surface area contributed by atoms with Crippen molar-refractivity contribution in [2.75, 3.05) is 20.2 Å². The highest BCUT2D eigenvalue weighted by Crippen LogP contribution is 2.19. The molecule has 0 saturated carbocycles. The molecule has 24 heavy (non-hydrogen) atoms. The minimum Gasteiger partial charge on any atom is -0.496 e. The van der Waals surface area contributed by atoms with E-state index in [0.29, 0.717) is 19.5 Å². The van der Waals surface area contributed by atoms with Crippen LogP contribution in [0.25, 0.3) is 0 Å². The predicted molar refractivity (Wildman–Crippen MR) is 96.2 cm³/mol. The Morgan fingerprint density at radius 2 is 1.92 bits per heavy atom. The average molecular weight is 322 g/mol. The Labute approximate surface area is 143 Å². The predicted octanol–water partition coefficient (Wildman–Crippen LogP) is 2.90. The van der Waals surface area contributed by atoms with Crippen LogP contribution >= 0.6 is 0 Å². The minimum atomic E-state index is -0.219. The van der Waals surface area contributed by atoms with Gasteiger partial charge in [-0.2, -0.15) is 0 Å². The maximum absolute atomic E-state index is 11.7. The number of benzene rings is 2. The number of carbonyl (C=O) groups is 1. The molecule has 0 heterocycles. The minimum absolute atomic E-state index is 0.219. The molecule has 0 saturated heterocycles. The van der Waals surface area contributed by atoms with E-state index in [2.05, 4.69) is 28.5 Å². The largest absolute Gasteiger partial charge is 0.496 e. The van der Waals surface area contributed by atoms with Gasteiger partial charge in [-0.1, -0.05) is 47.7 Å². The highest BCUT2D eigenvalue weighted by atomic mass is 16.5. The molecule has 2 aromatic carbocycles. The first-order chi connectivity index (χ1) is 11.7. The van der Waals surface area contributed by atoms with Crippen LogP contribution in [0.4, 0.5) is 4.79 Å². The summed E-state index contributed by atoms with van der Waals surface area (Å²) in [6.45, 7) is 2.89. The fourth-order valence-corrected chi connectivity index (χ4v) is 2.27. The quantitative estimate of drug-likeness (QED) is 0.832. The van der Waals surface area contributed by atoms with E-state index in [1.54, 1.807) is 7.11 Å². The van der Waals surface area contributed by atoms with E-state index >= 15 is 0 Å². The van der Waals surface area contributed by atoms with Crippen LogP contribution in [0.5, 0.6) is 5.75 Å². The van der Waals surface area contributed by atoms with Gasteiger partial charge in [-0.15, -0.1) is 0 Å². The highest BCUT2D eigenvalue weighted by Gasteiger charge is 2.04. The van der Waals surface area contributed by atoms with Crippen LogP contribution in [-0.4, -0.2) is 26.2 Å². The highest BCUT2D eigenvalue weighted by molar-refractivity contribution is 5.74. The molecule has 0 unspecified atom stereocenters. The zero-order valence-corrected chi connectivity index (χ0v) is 14.1. The van der Waals surface area contributed by atoms with Crippen molar-refractivity contribution < 1.29 is 9.53 Å². The molecule has 2 rings (SSSR count). The van der Waals surface area contributed by atoms with Gasteiger partial charge in [-0.3, -0.25) is 0 Å². The van der Waals surface area contributed by atoms with Crippen LogP contribution in [0, 0.1) is 18.8 Å². The zero-order chi connectivity index (χ0) is 17.2. The number of ether oxygens (including phenoxy) is 1. The Bertz CT molecular complexity index is 730. The molecule has 0 spiro atoms. The summed E-state index contributed by atoms with van der Waals surface area (Å²) in [5.41, 5.74) is 3.19. The SMILES string of the molecule is COc1ccc(C)cc1CCNC(=O)NCC#Cc1ccccc1. The molecule has 2 aromatic rings. The monoisotopic (exact) mass is 322 g/mol. The first kappa shape index (κ1) is 17.4. The van der Waals surface area contributed by atoms with E-state index in [1.165, 1.54) is 5.56 Å². The van der Waals surface area contributed by atoms with Crippen molar-refractivity contribution in [2.45, 2.75) is 13.3 Å². The zero-order valence-electron chi connectivity index (χ0n) is 14.1. The van der Waals surface area contributed by atoms with Gasteiger partial charge < -0.3 is 15.4 Å². The van der Waals surface area contributed by atoms with Crippen LogP contribution in [0.1, 0.15) is 16.7 Å². The van der Waals surface area contributed by atoms with Crippen molar-refractivity contribution >= 4 is 6.03 Å². The number of rotatable bonds is 5. The maximum atomic E-state index is 11.7. The number of aryl methyl sites for hydroxylation is 1. The number of hydrogen-bond acceptors (Lipinski definition) is 2. The van der Waals surface area contributed by atoms with Gasteiger partial charge >= 0.3 is 6.03 Å². The average Bonchev–Trinajstić information content (AvgIpc) is 2.60. The summed E-state index contributed by atoms with van der Waals surface area (Å²) in [5.74, 6) is 6.76. The van der Waals surface area contributed by atoms with Gasteiger partial charge in [0.1, 0.15) is 5.75 Å². The van der Waals surface area contributed by atoms with Gasteiger partial charge in [0.15, 0.2) is 0 Å². The molecule has 0 aliphatic carbocycles. The lowest BCUT2D eigenvalue weighted by molar-refractivity contribution is 0.242. The molecular weight excluding hydrogens is 300 g/mol. The summed E-state index contributed by atoms with van der Waals surface area (Å²) < 4.78 is 5.33. The molecule has 124 valence electrons. The summed E-state index contributed by atoms with van der Waals surface area (Å²) in [5, 5.41) is 5.55. The normalized spacial score (nSPS) is 9.58. The van der Waals surface area contributed by atoms with Gasteiger partial charge in [0.25, 0.3) is 0 Å². The lowest BCUT2D eigenvalue weighted by Gasteiger charge is -2.10. The number of urea groups is 1. The molecule has 4 nitrogen and oxygen atoms in total. The molecule has 0 fully saturated rings. The van der Waals surface area contributed by atoms with E-state index < -0.39 is 0 Å². The fourth-order valence-electron chi connectivity index (χ4n) is 2.27. The van der Waals surface area contributed by atoms with E-state index in [0.717, 1.165) is 16.9 Å². The van der Waals surface area contributed by atoms with Crippen LogP contribution in [0.3, 0.4) is 0 Å². The topological polar surface area (TPSA) is 50.4 Å². The van der Waals surface area contributed by atoms with Crippen LogP contribution in [-0.2, 0) is 6.42 Å². The number of carbonyl (C=O) groups excluding carboxylic acids is 1. The summed E-state index contributed by atoms with van der Waals surface area (Å²) in [4.78, 5) is 11.7. The van der Waals surface area contributed by atoms with Crippen LogP contribution in [0.15, 0.2) is 48.5 Å². The second kappa shape index (κ2) is 9.26. The standard InChI is InChI=1S/C20H22N2O2/c1-16-10-11-19(24-2)18(15-16)12-14-22-20(23)21-13-6-9-17-7-4-3-5-8-17/h3-5,7-8,10-11,15H,12-14H2,1-2H3,(H2,21,22,23). The van der Waals surface area contributed by atoms with E-state index in [9.17, 15) is 4.79 Å². The Morgan fingerprint density at radius 1 is 1.12 bits per heavy atom. The van der Waals surface area contributed by atoms with E-state index in [-0.39, 0.29) is 6.03 Å². The molecule has 0 aliphatic rings. The first-order valence-electron chi connectivity index (χ1n) is 7.88. The third-order valence-corrected chi connectivity index (χ3v) is 3.46. The summed E-state index contributed by atoms with van der Waals surface area (Å²) in [6, 6.07) is 15.5. The molecule has 2 amide bonds. The maximum Gasteiger partial charge on any atom is 0.315 e. The second-order valence-electron chi connectivity index (χ2n) is 5.34. The summed E-state index contributed by atoms with van der Waals surface area (Å²) in [6.07, 6.45) is 0.716. The Hall–Kier alpha value is -2.93. The van der Waals surface area contributed by atoms with Gasteiger partial charge in [0.05, 0.1) is 13.7 Å². The van der Waals surface area contributed by atoms with Gasteiger partial charge in [0, 0.05) is 12.1 Å². The van der Waals surface area contributed by atoms with Crippen molar-refractivity contribution in [2.24, 2.45) is 0 Å². The van der Waals surface area contributed by atoms with Crippen LogP contribution < -0.4 is 15.4 Å². The lowest BCUT2D eigenvalue weighted by Crippen LogP contribution is -2.36. The molecule has 0 aromatic heterocycles.